The van der Waals surface area contributed by atoms with E-state index >= 15 is 0 Å². The lowest BCUT2D eigenvalue weighted by atomic mass is 9.89. The molecule has 2 aliphatic heterocycles. The Morgan fingerprint density at radius 1 is 1.47 bits per heavy atom. The number of hydrogen-bond donors (Lipinski definition) is 1. The molecular weight excluding hydrogens is 270 g/mol. The van der Waals surface area contributed by atoms with E-state index in [2.05, 4.69) is 5.10 Å². The number of aryl methyl sites for hydroxylation is 1. The van der Waals surface area contributed by atoms with E-state index in [0.717, 1.165) is 6.42 Å². The van der Waals surface area contributed by atoms with Crippen LogP contribution < -0.4 is 0 Å². The Kier molecular flexibility index (Phi) is 2.68. The number of nitrogens with zero attached hydrogens (tertiary/aromatic N) is 3. The zero-order valence-corrected chi connectivity index (χ0v) is 11.2. The van der Waals surface area contributed by atoms with Crippen molar-refractivity contribution >= 4 is 16.0 Å². The standard InChI is InChI=1S/C11H15N3O4S/c1-13-10(4-5-12-13)19(17,18)14-7-2-3-9(14)8(6-7)11(15)16/h4-5,7-9H,2-3,6H2,1H3,(H,15,16). The maximum absolute atomic E-state index is 12.6. The van der Waals surface area contributed by atoms with E-state index in [4.69, 9.17) is 5.11 Å². The third kappa shape index (κ3) is 1.70. The van der Waals surface area contributed by atoms with Crippen LogP contribution in [0.4, 0.5) is 0 Å². The van der Waals surface area contributed by atoms with E-state index in [-0.39, 0.29) is 11.1 Å². The van der Waals surface area contributed by atoms with Crippen LogP contribution in [0.25, 0.3) is 0 Å². The predicted octanol–water partition coefficient (Wildman–Crippen LogP) is 0.0463. The number of carboxylic acid groups (broad SMARTS) is 1. The lowest BCUT2D eigenvalue weighted by Crippen LogP contribution is -2.38. The minimum atomic E-state index is -3.66. The normalized spacial score (nSPS) is 30.9. The van der Waals surface area contributed by atoms with E-state index in [1.165, 1.54) is 21.3 Å². The summed E-state index contributed by atoms with van der Waals surface area (Å²) in [5.41, 5.74) is 0. The molecule has 3 unspecified atom stereocenters. The zero-order valence-electron chi connectivity index (χ0n) is 10.4. The second-order valence-electron chi connectivity index (χ2n) is 5.11. The van der Waals surface area contributed by atoms with Crippen molar-refractivity contribution in [1.82, 2.24) is 14.1 Å². The smallest absolute Gasteiger partial charge is 0.308 e. The van der Waals surface area contributed by atoms with Gasteiger partial charge in [0.15, 0.2) is 5.03 Å². The molecule has 1 aromatic rings. The average molecular weight is 285 g/mol. The van der Waals surface area contributed by atoms with E-state index in [9.17, 15) is 13.2 Å². The van der Waals surface area contributed by atoms with Crippen LogP contribution in [0.15, 0.2) is 17.3 Å². The summed E-state index contributed by atoms with van der Waals surface area (Å²) < 4.78 is 27.9. The lowest BCUT2D eigenvalue weighted by Gasteiger charge is -2.22. The van der Waals surface area contributed by atoms with Crippen molar-refractivity contribution in [2.45, 2.75) is 36.4 Å². The summed E-state index contributed by atoms with van der Waals surface area (Å²) in [5, 5.41) is 13.2. The van der Waals surface area contributed by atoms with Crippen LogP contribution in [0.5, 0.6) is 0 Å². The van der Waals surface area contributed by atoms with Crippen molar-refractivity contribution in [3.05, 3.63) is 12.3 Å². The number of rotatable bonds is 3. The van der Waals surface area contributed by atoms with Gasteiger partial charge in [-0.2, -0.15) is 9.40 Å². The highest BCUT2D eigenvalue weighted by atomic mass is 32.2. The van der Waals surface area contributed by atoms with Gasteiger partial charge in [0.1, 0.15) is 0 Å². The quantitative estimate of drug-likeness (QED) is 0.847. The number of sulfonamides is 1. The third-order valence-corrected chi connectivity index (χ3v) is 6.16. The molecule has 8 heteroatoms. The molecule has 3 rings (SSSR count). The van der Waals surface area contributed by atoms with Gasteiger partial charge in [-0.15, -0.1) is 0 Å². The first kappa shape index (κ1) is 12.6. The lowest BCUT2D eigenvalue weighted by molar-refractivity contribution is -0.142. The summed E-state index contributed by atoms with van der Waals surface area (Å²) >= 11 is 0. The Labute approximate surface area is 110 Å². The van der Waals surface area contributed by atoms with Gasteiger partial charge in [-0.05, 0) is 25.3 Å². The summed E-state index contributed by atoms with van der Waals surface area (Å²) in [6.07, 6.45) is 3.21. The van der Waals surface area contributed by atoms with E-state index in [0.29, 0.717) is 12.8 Å². The SMILES string of the molecule is Cn1nccc1S(=O)(=O)N1C2CCC1C(C(=O)O)C2. The Balaban J connectivity index is 2.00. The van der Waals surface area contributed by atoms with Gasteiger partial charge in [-0.1, -0.05) is 0 Å². The number of hydrogen-bond acceptors (Lipinski definition) is 4. The summed E-state index contributed by atoms with van der Waals surface area (Å²) in [6.45, 7) is 0. The summed E-state index contributed by atoms with van der Waals surface area (Å²) in [7, 11) is -2.09. The van der Waals surface area contributed by atoms with Gasteiger partial charge >= 0.3 is 5.97 Å². The van der Waals surface area contributed by atoms with Crippen molar-refractivity contribution in [3.63, 3.8) is 0 Å². The molecule has 3 atom stereocenters. The van der Waals surface area contributed by atoms with Crippen LogP contribution in [0, 0.1) is 5.92 Å². The molecule has 1 aromatic heterocycles. The fraction of sp³-hybridized carbons (Fsp3) is 0.636. The van der Waals surface area contributed by atoms with Gasteiger partial charge in [0.2, 0.25) is 0 Å². The average Bonchev–Trinajstić information content (AvgIpc) is 3.01. The maximum Gasteiger partial charge on any atom is 0.308 e. The largest absolute Gasteiger partial charge is 0.481 e. The number of carbonyl (C=O) groups is 1. The first-order valence-electron chi connectivity index (χ1n) is 6.17. The molecule has 0 saturated carbocycles. The Hall–Kier alpha value is -1.41. The molecule has 2 aliphatic rings. The first-order chi connectivity index (χ1) is 8.93. The molecule has 2 fully saturated rings. The van der Waals surface area contributed by atoms with Crippen molar-refractivity contribution in [3.8, 4) is 0 Å². The minimum Gasteiger partial charge on any atom is -0.481 e. The molecule has 3 heterocycles. The topological polar surface area (TPSA) is 92.5 Å². The molecule has 0 aromatic carbocycles. The number of aliphatic carboxylic acids is 1. The molecule has 7 nitrogen and oxygen atoms in total. The van der Waals surface area contributed by atoms with Crippen LogP contribution in [0.3, 0.4) is 0 Å². The summed E-state index contributed by atoms with van der Waals surface area (Å²) in [4.78, 5) is 11.2. The fourth-order valence-electron chi connectivity index (χ4n) is 3.30. The molecule has 104 valence electrons. The second kappa shape index (κ2) is 4.04. The van der Waals surface area contributed by atoms with Crippen LogP contribution in [0.2, 0.25) is 0 Å². The van der Waals surface area contributed by atoms with Gasteiger partial charge < -0.3 is 5.11 Å². The van der Waals surface area contributed by atoms with Gasteiger partial charge in [0.25, 0.3) is 10.0 Å². The molecule has 1 N–H and O–H groups in total. The minimum absolute atomic E-state index is 0.121. The van der Waals surface area contributed by atoms with Gasteiger partial charge in [0, 0.05) is 19.1 Å². The monoisotopic (exact) mass is 285 g/mol. The van der Waals surface area contributed by atoms with E-state index < -0.39 is 28.0 Å². The number of fused-ring (bicyclic) bond motifs is 2. The number of carboxylic acids is 1. The Bertz CT molecular complexity index is 624. The second-order valence-corrected chi connectivity index (χ2v) is 6.90. The highest BCUT2D eigenvalue weighted by Crippen LogP contribution is 2.44. The molecular formula is C11H15N3O4S. The molecule has 0 aliphatic carbocycles. The van der Waals surface area contributed by atoms with Crippen molar-refractivity contribution in [2.75, 3.05) is 0 Å². The Morgan fingerprint density at radius 2 is 2.21 bits per heavy atom. The number of aromatic nitrogens is 2. The van der Waals surface area contributed by atoms with Crippen LogP contribution >= 0.6 is 0 Å². The molecule has 0 amide bonds. The molecule has 0 radical (unpaired) electrons. The Morgan fingerprint density at radius 3 is 2.74 bits per heavy atom. The van der Waals surface area contributed by atoms with E-state index in [1.54, 1.807) is 7.05 Å². The van der Waals surface area contributed by atoms with Crippen LogP contribution in [-0.4, -0.2) is 45.7 Å². The summed E-state index contributed by atoms with van der Waals surface area (Å²) in [6, 6.07) is 0.844. The van der Waals surface area contributed by atoms with Crippen molar-refractivity contribution in [2.24, 2.45) is 13.0 Å². The van der Waals surface area contributed by atoms with Crippen LogP contribution in [-0.2, 0) is 21.9 Å². The summed E-state index contributed by atoms with van der Waals surface area (Å²) in [5.74, 6) is -1.49. The van der Waals surface area contributed by atoms with Crippen molar-refractivity contribution < 1.29 is 18.3 Å². The van der Waals surface area contributed by atoms with Crippen molar-refractivity contribution in [1.29, 1.82) is 0 Å². The van der Waals surface area contributed by atoms with Crippen LogP contribution in [0.1, 0.15) is 19.3 Å². The molecule has 19 heavy (non-hydrogen) atoms. The van der Waals surface area contributed by atoms with Gasteiger partial charge in [-0.25, -0.2) is 8.42 Å². The molecule has 0 spiro atoms. The van der Waals surface area contributed by atoms with E-state index in [1.807, 2.05) is 0 Å². The highest BCUT2D eigenvalue weighted by molar-refractivity contribution is 7.89. The van der Waals surface area contributed by atoms with Gasteiger partial charge in [0.05, 0.1) is 12.1 Å². The first-order valence-corrected chi connectivity index (χ1v) is 7.61. The molecule has 2 saturated heterocycles. The predicted molar refractivity (Wildman–Crippen MR) is 64.8 cm³/mol. The molecule has 2 bridgehead atoms. The highest BCUT2D eigenvalue weighted by Gasteiger charge is 2.54. The zero-order chi connectivity index (χ0) is 13.8. The van der Waals surface area contributed by atoms with Gasteiger partial charge in [-0.3, -0.25) is 9.48 Å². The maximum atomic E-state index is 12.6. The fourth-order valence-corrected chi connectivity index (χ4v) is 5.32. The third-order valence-electron chi connectivity index (χ3n) is 4.11.